The predicted molar refractivity (Wildman–Crippen MR) is 99.6 cm³/mol. The molecule has 136 valence electrons. The predicted octanol–water partition coefficient (Wildman–Crippen LogP) is 3.23. The molecule has 1 aliphatic carbocycles. The van der Waals surface area contributed by atoms with Crippen LogP contribution in [-0.2, 0) is 9.59 Å². The van der Waals surface area contributed by atoms with Crippen LogP contribution in [0.1, 0.15) is 12.0 Å². The lowest BCUT2D eigenvalue weighted by atomic mass is 10.2. The summed E-state index contributed by atoms with van der Waals surface area (Å²) in [5.41, 5.74) is 2.42. The summed E-state index contributed by atoms with van der Waals surface area (Å²) in [4.78, 5) is 24.7. The number of carbonyl (C=O) groups excluding carboxylic acids is 2. The average Bonchev–Trinajstić information content (AvgIpc) is 3.45. The molecule has 0 saturated heterocycles. The number of aryl methyl sites for hydroxylation is 1. The highest BCUT2D eigenvalue weighted by molar-refractivity contribution is 6.03. The molecule has 26 heavy (non-hydrogen) atoms. The number of anilines is 2. The first-order valence-corrected chi connectivity index (χ1v) is 8.42. The van der Waals surface area contributed by atoms with Crippen LogP contribution in [0, 0.1) is 18.8 Å². The van der Waals surface area contributed by atoms with E-state index >= 15 is 0 Å². The SMILES string of the molecule is COc1ccc(NC(=O)C2CC2C(=O)Nc2ccc(C)cc2)c(OC)c1. The van der Waals surface area contributed by atoms with Gasteiger partial charge in [0.1, 0.15) is 11.5 Å². The average molecular weight is 354 g/mol. The minimum Gasteiger partial charge on any atom is -0.497 e. The molecule has 6 heteroatoms. The molecule has 2 atom stereocenters. The van der Waals surface area contributed by atoms with Crippen molar-refractivity contribution in [3.05, 3.63) is 48.0 Å². The van der Waals surface area contributed by atoms with Crippen molar-refractivity contribution < 1.29 is 19.1 Å². The van der Waals surface area contributed by atoms with E-state index in [2.05, 4.69) is 10.6 Å². The molecule has 2 aromatic carbocycles. The second kappa shape index (κ2) is 7.47. The summed E-state index contributed by atoms with van der Waals surface area (Å²) in [6.07, 6.45) is 0.544. The summed E-state index contributed by atoms with van der Waals surface area (Å²) >= 11 is 0. The standard InChI is InChI=1S/C20H22N2O4/c1-12-4-6-13(7-5-12)21-19(23)15-11-16(15)20(24)22-17-9-8-14(25-2)10-18(17)26-3/h4-10,15-16H,11H2,1-3H3,(H,21,23)(H,22,24). The number of ether oxygens (including phenoxy) is 2. The third kappa shape index (κ3) is 3.96. The van der Waals surface area contributed by atoms with E-state index in [1.807, 2.05) is 31.2 Å². The molecule has 6 nitrogen and oxygen atoms in total. The largest absolute Gasteiger partial charge is 0.497 e. The molecule has 2 aromatic rings. The van der Waals surface area contributed by atoms with Crippen molar-refractivity contribution in [1.29, 1.82) is 0 Å². The quantitative estimate of drug-likeness (QED) is 0.835. The molecule has 0 radical (unpaired) electrons. The highest BCUT2D eigenvalue weighted by Gasteiger charge is 2.48. The summed E-state index contributed by atoms with van der Waals surface area (Å²) in [6.45, 7) is 1.99. The van der Waals surface area contributed by atoms with Crippen LogP contribution < -0.4 is 20.1 Å². The fourth-order valence-electron chi connectivity index (χ4n) is 2.77. The number of nitrogens with one attached hydrogen (secondary N) is 2. The van der Waals surface area contributed by atoms with E-state index in [1.54, 1.807) is 25.3 Å². The summed E-state index contributed by atoms with van der Waals surface area (Å²) in [7, 11) is 3.09. The molecular weight excluding hydrogens is 332 g/mol. The van der Waals surface area contributed by atoms with Gasteiger partial charge in [-0.05, 0) is 37.6 Å². The van der Waals surface area contributed by atoms with Crippen LogP contribution in [0.2, 0.25) is 0 Å². The Kier molecular flexibility index (Phi) is 5.11. The number of carbonyl (C=O) groups is 2. The Morgan fingerprint density at radius 2 is 1.58 bits per heavy atom. The maximum atomic E-state index is 12.4. The van der Waals surface area contributed by atoms with Crippen molar-refractivity contribution in [2.24, 2.45) is 11.8 Å². The second-order valence-corrected chi connectivity index (χ2v) is 6.36. The highest BCUT2D eigenvalue weighted by Crippen LogP contribution is 2.41. The van der Waals surface area contributed by atoms with E-state index in [1.165, 1.54) is 7.11 Å². The Hall–Kier alpha value is -3.02. The molecule has 0 bridgehead atoms. The van der Waals surface area contributed by atoms with E-state index in [0.717, 1.165) is 11.3 Å². The minimum atomic E-state index is -0.327. The van der Waals surface area contributed by atoms with E-state index in [0.29, 0.717) is 23.6 Å². The van der Waals surface area contributed by atoms with Crippen LogP contribution in [0.15, 0.2) is 42.5 Å². The zero-order valence-electron chi connectivity index (χ0n) is 15.0. The van der Waals surface area contributed by atoms with E-state index in [9.17, 15) is 9.59 Å². The van der Waals surface area contributed by atoms with Gasteiger partial charge in [0.25, 0.3) is 0 Å². The maximum Gasteiger partial charge on any atom is 0.228 e. The van der Waals surface area contributed by atoms with Crippen molar-refractivity contribution >= 4 is 23.2 Å². The number of amides is 2. The Balaban J connectivity index is 1.59. The van der Waals surface area contributed by atoms with Crippen LogP contribution in [0.5, 0.6) is 11.5 Å². The van der Waals surface area contributed by atoms with Crippen LogP contribution in [0.3, 0.4) is 0 Å². The Labute approximate surface area is 152 Å². The van der Waals surface area contributed by atoms with Crippen molar-refractivity contribution in [1.82, 2.24) is 0 Å². The summed E-state index contributed by atoms with van der Waals surface area (Å²) in [6, 6.07) is 12.7. The van der Waals surface area contributed by atoms with Gasteiger partial charge in [-0.1, -0.05) is 17.7 Å². The van der Waals surface area contributed by atoms with Gasteiger partial charge in [0.15, 0.2) is 0 Å². The maximum absolute atomic E-state index is 12.4. The number of hydrogen-bond donors (Lipinski definition) is 2. The number of hydrogen-bond acceptors (Lipinski definition) is 4. The molecule has 2 amide bonds. The van der Waals surface area contributed by atoms with Crippen LogP contribution in [0.4, 0.5) is 11.4 Å². The van der Waals surface area contributed by atoms with E-state index < -0.39 is 0 Å². The monoisotopic (exact) mass is 354 g/mol. The van der Waals surface area contributed by atoms with Crippen LogP contribution in [-0.4, -0.2) is 26.0 Å². The van der Waals surface area contributed by atoms with Gasteiger partial charge in [0, 0.05) is 11.8 Å². The zero-order valence-corrected chi connectivity index (χ0v) is 15.0. The highest BCUT2D eigenvalue weighted by atomic mass is 16.5. The molecule has 0 aliphatic heterocycles. The lowest BCUT2D eigenvalue weighted by Gasteiger charge is -2.11. The number of methoxy groups -OCH3 is 2. The molecule has 1 aliphatic rings. The third-order valence-electron chi connectivity index (χ3n) is 4.45. The second-order valence-electron chi connectivity index (χ2n) is 6.36. The molecule has 0 aromatic heterocycles. The third-order valence-corrected chi connectivity index (χ3v) is 4.45. The van der Waals surface area contributed by atoms with Crippen molar-refractivity contribution in [2.45, 2.75) is 13.3 Å². The Bertz CT molecular complexity index is 817. The summed E-state index contributed by atoms with van der Waals surface area (Å²) in [5.74, 6) is 0.210. The van der Waals surface area contributed by atoms with Gasteiger partial charge < -0.3 is 20.1 Å². The minimum absolute atomic E-state index is 0.129. The van der Waals surface area contributed by atoms with Gasteiger partial charge in [-0.3, -0.25) is 9.59 Å². The molecule has 0 spiro atoms. The topological polar surface area (TPSA) is 76.7 Å². The summed E-state index contributed by atoms with van der Waals surface area (Å²) in [5, 5.41) is 5.69. The first kappa shape index (κ1) is 17.8. The lowest BCUT2D eigenvalue weighted by Crippen LogP contribution is -2.20. The number of rotatable bonds is 6. The molecule has 2 N–H and O–H groups in total. The summed E-state index contributed by atoms with van der Waals surface area (Å²) < 4.78 is 10.4. The zero-order chi connectivity index (χ0) is 18.7. The molecule has 1 saturated carbocycles. The van der Waals surface area contributed by atoms with Crippen molar-refractivity contribution in [2.75, 3.05) is 24.9 Å². The van der Waals surface area contributed by atoms with Crippen molar-refractivity contribution in [3.63, 3.8) is 0 Å². The van der Waals surface area contributed by atoms with Gasteiger partial charge in [-0.25, -0.2) is 0 Å². The van der Waals surface area contributed by atoms with Gasteiger partial charge in [-0.15, -0.1) is 0 Å². The van der Waals surface area contributed by atoms with Crippen molar-refractivity contribution in [3.8, 4) is 11.5 Å². The molecule has 1 fully saturated rings. The van der Waals surface area contributed by atoms with E-state index in [-0.39, 0.29) is 23.7 Å². The van der Waals surface area contributed by atoms with Gasteiger partial charge >= 0.3 is 0 Å². The molecule has 2 unspecified atom stereocenters. The van der Waals surface area contributed by atoms with Crippen LogP contribution in [0.25, 0.3) is 0 Å². The van der Waals surface area contributed by atoms with E-state index in [4.69, 9.17) is 9.47 Å². The lowest BCUT2D eigenvalue weighted by molar-refractivity contribution is -0.122. The van der Waals surface area contributed by atoms with Gasteiger partial charge in [0.2, 0.25) is 11.8 Å². The fraction of sp³-hybridized carbons (Fsp3) is 0.300. The normalized spacial score (nSPS) is 18.0. The smallest absolute Gasteiger partial charge is 0.228 e. The van der Waals surface area contributed by atoms with Gasteiger partial charge in [-0.2, -0.15) is 0 Å². The first-order valence-electron chi connectivity index (χ1n) is 8.42. The fourth-order valence-corrected chi connectivity index (χ4v) is 2.77. The first-order chi connectivity index (χ1) is 12.5. The Morgan fingerprint density at radius 3 is 2.19 bits per heavy atom. The van der Waals surface area contributed by atoms with Gasteiger partial charge in [0.05, 0.1) is 31.7 Å². The number of benzene rings is 2. The van der Waals surface area contributed by atoms with Crippen LogP contribution >= 0.6 is 0 Å². The molecule has 0 heterocycles. The molecular formula is C20H22N2O4. The Morgan fingerprint density at radius 1 is 0.923 bits per heavy atom. The molecule has 3 rings (SSSR count).